The highest BCUT2D eigenvalue weighted by Crippen LogP contribution is 2.25. The van der Waals surface area contributed by atoms with Crippen molar-refractivity contribution in [3.63, 3.8) is 0 Å². The fourth-order valence-electron chi connectivity index (χ4n) is 1.93. The summed E-state index contributed by atoms with van der Waals surface area (Å²) in [5.74, 6) is -0.870. The fraction of sp³-hybridized carbons (Fsp3) is 0.118. The topological polar surface area (TPSA) is 68.3 Å². The van der Waals surface area contributed by atoms with E-state index in [9.17, 15) is 9.59 Å². The molecule has 0 aliphatic carbocycles. The Kier molecular flexibility index (Phi) is 5.35. The summed E-state index contributed by atoms with van der Waals surface area (Å²) in [5.41, 5.74) is 2.19. The maximum Gasteiger partial charge on any atom is 0.325 e. The number of thiophene rings is 1. The van der Waals surface area contributed by atoms with E-state index in [1.165, 1.54) is 11.3 Å². The molecule has 24 heavy (non-hydrogen) atoms. The van der Waals surface area contributed by atoms with E-state index in [1.54, 1.807) is 16.7 Å². The lowest BCUT2D eigenvalue weighted by molar-refractivity contribution is -0.143. The van der Waals surface area contributed by atoms with Gasteiger partial charge in [-0.1, -0.05) is 30.3 Å². The van der Waals surface area contributed by atoms with Gasteiger partial charge in [-0.2, -0.15) is 11.3 Å². The number of carbonyl (C=O) groups is 2. The zero-order valence-electron chi connectivity index (χ0n) is 12.6. The van der Waals surface area contributed by atoms with Gasteiger partial charge in [0.05, 0.1) is 0 Å². The number of carbonyl (C=O) groups excluding carboxylic acids is 2. The molecule has 1 N–H and O–H groups in total. The Morgan fingerprint density at radius 2 is 1.96 bits per heavy atom. The molecule has 2 heterocycles. The summed E-state index contributed by atoms with van der Waals surface area (Å²) in [5, 5.41) is 8.92. The van der Waals surface area contributed by atoms with Crippen molar-refractivity contribution >= 4 is 34.6 Å². The lowest BCUT2D eigenvalue weighted by Crippen LogP contribution is -2.30. The summed E-state index contributed by atoms with van der Waals surface area (Å²) >= 11 is 2.97. The van der Waals surface area contributed by atoms with E-state index in [2.05, 4.69) is 10.3 Å². The molecule has 0 saturated carbocycles. The zero-order valence-corrected chi connectivity index (χ0v) is 14.2. The summed E-state index contributed by atoms with van der Waals surface area (Å²) < 4.78 is 5.11. The number of nitrogens with one attached hydrogen (secondary N) is 1. The molecule has 0 saturated heterocycles. The predicted octanol–water partition coefficient (Wildman–Crippen LogP) is 3.34. The number of hydrogen-bond acceptors (Lipinski definition) is 6. The number of ether oxygens (including phenoxy) is 1. The average molecular weight is 358 g/mol. The highest BCUT2D eigenvalue weighted by Gasteiger charge is 2.13. The van der Waals surface area contributed by atoms with Crippen molar-refractivity contribution in [2.75, 3.05) is 6.54 Å². The van der Waals surface area contributed by atoms with Crippen LogP contribution in [0.3, 0.4) is 0 Å². The van der Waals surface area contributed by atoms with E-state index in [1.807, 2.05) is 47.2 Å². The second kappa shape index (κ2) is 7.85. The molecule has 5 nitrogen and oxygen atoms in total. The molecule has 3 aromatic rings. The van der Waals surface area contributed by atoms with Crippen LogP contribution in [0.2, 0.25) is 0 Å². The van der Waals surface area contributed by atoms with Gasteiger partial charge < -0.3 is 10.1 Å². The standard InChI is InChI=1S/C17H14N2O3S2/c20-15(22-9-12-4-2-1-3-5-12)8-18-16(21)14-11-24-17(19-14)13-6-7-23-10-13/h1-7,10-11H,8-9H2,(H,18,21). The number of benzene rings is 1. The number of rotatable bonds is 6. The third kappa shape index (κ3) is 4.27. The number of amides is 1. The largest absolute Gasteiger partial charge is 0.460 e. The van der Waals surface area contributed by atoms with Crippen molar-refractivity contribution in [1.29, 1.82) is 0 Å². The Bertz CT molecular complexity index is 814. The van der Waals surface area contributed by atoms with E-state index in [0.29, 0.717) is 5.69 Å². The molecule has 122 valence electrons. The molecular formula is C17H14N2O3S2. The van der Waals surface area contributed by atoms with Crippen LogP contribution in [0.1, 0.15) is 16.1 Å². The van der Waals surface area contributed by atoms with Gasteiger partial charge >= 0.3 is 5.97 Å². The van der Waals surface area contributed by atoms with E-state index in [4.69, 9.17) is 4.74 Å². The van der Waals surface area contributed by atoms with Gasteiger partial charge in [-0.05, 0) is 17.0 Å². The highest BCUT2D eigenvalue weighted by atomic mass is 32.1. The Morgan fingerprint density at radius 1 is 1.12 bits per heavy atom. The minimum Gasteiger partial charge on any atom is -0.460 e. The quantitative estimate of drug-likeness (QED) is 0.686. The minimum atomic E-state index is -0.486. The third-order valence-corrected chi connectivity index (χ3v) is 4.72. The first-order chi connectivity index (χ1) is 11.7. The van der Waals surface area contributed by atoms with E-state index >= 15 is 0 Å². The van der Waals surface area contributed by atoms with Crippen molar-refractivity contribution in [3.8, 4) is 10.6 Å². The first-order valence-corrected chi connectivity index (χ1v) is 9.00. The van der Waals surface area contributed by atoms with Crippen LogP contribution in [0.5, 0.6) is 0 Å². The number of nitrogens with zero attached hydrogens (tertiary/aromatic N) is 1. The molecular weight excluding hydrogens is 344 g/mol. The smallest absolute Gasteiger partial charge is 0.325 e. The lowest BCUT2D eigenvalue weighted by Gasteiger charge is -2.05. The molecule has 3 rings (SSSR count). The molecule has 0 radical (unpaired) electrons. The van der Waals surface area contributed by atoms with Gasteiger partial charge in [-0.15, -0.1) is 11.3 Å². The molecule has 0 atom stereocenters. The van der Waals surface area contributed by atoms with Crippen LogP contribution in [0, 0.1) is 0 Å². The van der Waals surface area contributed by atoms with Gasteiger partial charge in [0.2, 0.25) is 0 Å². The summed E-state index contributed by atoms with van der Waals surface area (Å²) in [6, 6.07) is 11.3. The molecule has 1 amide bonds. The number of thiazole rings is 1. The van der Waals surface area contributed by atoms with Crippen molar-refractivity contribution in [2.45, 2.75) is 6.61 Å². The van der Waals surface area contributed by atoms with Crippen LogP contribution >= 0.6 is 22.7 Å². The van der Waals surface area contributed by atoms with Crippen molar-refractivity contribution in [3.05, 3.63) is 63.8 Å². The van der Waals surface area contributed by atoms with Gasteiger partial charge in [0.15, 0.2) is 0 Å². The Hall–Kier alpha value is -2.51. The minimum absolute atomic E-state index is 0.184. The summed E-state index contributed by atoms with van der Waals surface area (Å²) in [6.07, 6.45) is 0. The monoisotopic (exact) mass is 358 g/mol. The summed E-state index contributed by atoms with van der Waals surface area (Å²) in [4.78, 5) is 28.0. The first-order valence-electron chi connectivity index (χ1n) is 7.18. The van der Waals surface area contributed by atoms with Crippen LogP contribution in [0.15, 0.2) is 52.5 Å². The number of esters is 1. The van der Waals surface area contributed by atoms with Crippen LogP contribution in [-0.2, 0) is 16.1 Å². The summed E-state index contributed by atoms with van der Waals surface area (Å²) in [7, 11) is 0. The van der Waals surface area contributed by atoms with Crippen LogP contribution in [-0.4, -0.2) is 23.4 Å². The van der Waals surface area contributed by atoms with Gasteiger partial charge in [-0.3, -0.25) is 9.59 Å². The Labute approximate surface area is 146 Å². The molecule has 0 spiro atoms. The van der Waals surface area contributed by atoms with Crippen LogP contribution < -0.4 is 5.32 Å². The van der Waals surface area contributed by atoms with Crippen molar-refractivity contribution in [2.24, 2.45) is 0 Å². The van der Waals surface area contributed by atoms with Crippen LogP contribution in [0.4, 0.5) is 0 Å². The van der Waals surface area contributed by atoms with Crippen molar-refractivity contribution in [1.82, 2.24) is 10.3 Å². The maximum absolute atomic E-state index is 12.0. The fourth-order valence-corrected chi connectivity index (χ4v) is 3.44. The first kappa shape index (κ1) is 16.4. The van der Waals surface area contributed by atoms with E-state index < -0.39 is 5.97 Å². The number of hydrogen-bond donors (Lipinski definition) is 1. The predicted molar refractivity (Wildman–Crippen MR) is 94.0 cm³/mol. The lowest BCUT2D eigenvalue weighted by atomic mass is 10.2. The Balaban J connectivity index is 1.47. The van der Waals surface area contributed by atoms with Gasteiger partial charge in [0.1, 0.15) is 23.9 Å². The molecule has 7 heteroatoms. The molecule has 0 aliphatic rings. The molecule has 2 aromatic heterocycles. The second-order valence-electron chi connectivity index (χ2n) is 4.88. The molecule has 1 aromatic carbocycles. The SMILES string of the molecule is O=C(CNC(=O)c1csc(-c2ccsc2)n1)OCc1ccccc1. The normalized spacial score (nSPS) is 10.3. The maximum atomic E-state index is 12.0. The zero-order chi connectivity index (χ0) is 16.8. The Morgan fingerprint density at radius 3 is 2.71 bits per heavy atom. The van der Waals surface area contributed by atoms with Gasteiger partial charge in [-0.25, -0.2) is 4.98 Å². The molecule has 0 unspecified atom stereocenters. The molecule has 0 bridgehead atoms. The number of aromatic nitrogens is 1. The van der Waals surface area contributed by atoms with Gasteiger partial charge in [0, 0.05) is 16.3 Å². The van der Waals surface area contributed by atoms with Gasteiger partial charge in [0.25, 0.3) is 5.91 Å². The average Bonchev–Trinajstić information content (AvgIpc) is 3.29. The van der Waals surface area contributed by atoms with Crippen LogP contribution in [0.25, 0.3) is 10.6 Å². The van der Waals surface area contributed by atoms with E-state index in [-0.39, 0.29) is 19.1 Å². The van der Waals surface area contributed by atoms with Crippen molar-refractivity contribution < 1.29 is 14.3 Å². The third-order valence-electron chi connectivity index (χ3n) is 3.14. The summed E-state index contributed by atoms with van der Waals surface area (Å²) in [6.45, 7) is 0.00548. The highest BCUT2D eigenvalue weighted by molar-refractivity contribution is 7.14. The second-order valence-corrected chi connectivity index (χ2v) is 6.52. The molecule has 0 aliphatic heterocycles. The van der Waals surface area contributed by atoms with E-state index in [0.717, 1.165) is 16.1 Å². The molecule has 0 fully saturated rings.